The summed E-state index contributed by atoms with van der Waals surface area (Å²) in [6, 6.07) is 77.4. The molecule has 0 atom stereocenters. The first-order valence-corrected chi connectivity index (χ1v) is 26.7. The van der Waals surface area contributed by atoms with Gasteiger partial charge < -0.3 is 9.13 Å². The van der Waals surface area contributed by atoms with Gasteiger partial charge in [0.05, 0.1) is 22.1 Å². The average molecular weight is 961 g/mol. The van der Waals surface area contributed by atoms with Crippen molar-refractivity contribution in [3.63, 3.8) is 0 Å². The minimum absolute atomic E-state index is 0.0607. The zero-order chi connectivity index (χ0) is 50.5. The van der Waals surface area contributed by atoms with Gasteiger partial charge in [-0.3, -0.25) is 0 Å². The van der Waals surface area contributed by atoms with Gasteiger partial charge in [-0.05, 0) is 162 Å². The van der Waals surface area contributed by atoms with E-state index in [1.165, 1.54) is 144 Å². The molecule has 2 heterocycles. The van der Waals surface area contributed by atoms with Crippen molar-refractivity contribution < 1.29 is 0 Å². The third-order valence-electron chi connectivity index (χ3n) is 17.7. The molecule has 3 aliphatic rings. The van der Waals surface area contributed by atoms with Crippen molar-refractivity contribution >= 4 is 67.9 Å². The maximum Gasteiger partial charge on any atom is 0.0541 e. The van der Waals surface area contributed by atoms with E-state index >= 15 is 0 Å². The highest BCUT2D eigenvalue weighted by Gasteiger charge is 2.42. The van der Waals surface area contributed by atoms with Gasteiger partial charge in [-0.2, -0.15) is 0 Å². The first-order chi connectivity index (χ1) is 36.4. The lowest BCUT2D eigenvalue weighted by atomic mass is 9.79. The Labute approximate surface area is 439 Å². The second-order valence-corrected chi connectivity index (χ2v) is 23.0. The van der Waals surface area contributed by atoms with Crippen LogP contribution in [-0.2, 0) is 16.2 Å². The van der Waals surface area contributed by atoms with E-state index in [4.69, 9.17) is 0 Å². The monoisotopic (exact) mass is 960 g/mol. The van der Waals surface area contributed by atoms with Gasteiger partial charge in [0, 0.05) is 49.2 Å². The molecule has 0 bridgehead atoms. The van der Waals surface area contributed by atoms with Crippen LogP contribution in [0.4, 0.5) is 0 Å². The van der Waals surface area contributed by atoms with Crippen molar-refractivity contribution in [2.75, 3.05) is 0 Å². The van der Waals surface area contributed by atoms with E-state index in [0.717, 1.165) is 0 Å². The number of hydrogen-bond acceptors (Lipinski definition) is 0. The van der Waals surface area contributed by atoms with Crippen LogP contribution in [0.3, 0.4) is 0 Å². The fourth-order valence-electron chi connectivity index (χ4n) is 13.7. The molecule has 75 heavy (non-hydrogen) atoms. The second kappa shape index (κ2) is 15.7. The number of nitrogens with zero attached hydrogens (tertiary/aromatic N) is 2. The van der Waals surface area contributed by atoms with Crippen LogP contribution in [0.1, 0.15) is 97.2 Å². The summed E-state index contributed by atoms with van der Waals surface area (Å²) in [5.74, 6) is 0. The maximum absolute atomic E-state index is 2.53. The van der Waals surface area contributed by atoms with Crippen molar-refractivity contribution in [2.45, 2.75) is 57.8 Å². The smallest absolute Gasteiger partial charge is 0.0541 e. The summed E-state index contributed by atoms with van der Waals surface area (Å²) in [6.07, 6.45) is 9.15. The quantitative estimate of drug-likeness (QED) is 0.147. The van der Waals surface area contributed by atoms with Crippen molar-refractivity contribution in [3.05, 3.63) is 262 Å². The summed E-state index contributed by atoms with van der Waals surface area (Å²) < 4.78 is 4.83. The Bertz CT molecular complexity index is 4480. The maximum atomic E-state index is 2.53. The number of hydrogen-bond donors (Lipinski definition) is 0. The summed E-state index contributed by atoms with van der Waals surface area (Å²) in [6.45, 7) is 14.4. The van der Waals surface area contributed by atoms with Crippen molar-refractivity contribution in [1.29, 1.82) is 0 Å². The van der Waals surface area contributed by atoms with Crippen molar-refractivity contribution in [3.8, 4) is 44.8 Å². The zero-order valence-corrected chi connectivity index (χ0v) is 43.3. The Balaban J connectivity index is 0.717. The van der Waals surface area contributed by atoms with Crippen molar-refractivity contribution in [1.82, 2.24) is 9.13 Å². The van der Waals surface area contributed by atoms with Gasteiger partial charge in [0.1, 0.15) is 0 Å². The Morgan fingerprint density at radius 2 is 0.627 bits per heavy atom. The lowest BCUT2D eigenvalue weighted by molar-refractivity contribution is 0.652. The lowest BCUT2D eigenvalue weighted by Gasteiger charge is -2.24. The van der Waals surface area contributed by atoms with Gasteiger partial charge in [0.15, 0.2) is 0 Å². The van der Waals surface area contributed by atoms with Gasteiger partial charge in [-0.15, -0.1) is 0 Å². The molecule has 0 saturated heterocycles. The third kappa shape index (κ3) is 6.33. The van der Waals surface area contributed by atoms with E-state index in [-0.39, 0.29) is 16.2 Å². The molecule has 0 unspecified atom stereocenters. The normalized spacial score (nSPS) is 15.3. The summed E-state index contributed by atoms with van der Waals surface area (Å²) in [5, 5.41) is 5.08. The van der Waals surface area contributed by atoms with E-state index in [1.807, 2.05) is 0 Å². The molecule has 0 aliphatic heterocycles. The molecule has 0 N–H and O–H groups in total. The number of para-hydroxylation sites is 3. The predicted octanol–water partition coefficient (Wildman–Crippen LogP) is 19.1. The highest BCUT2D eigenvalue weighted by molar-refractivity contribution is 6.11. The fraction of sp³-hybridized carbons (Fsp3) is 0.123. The fourth-order valence-corrected chi connectivity index (χ4v) is 13.7. The topological polar surface area (TPSA) is 9.86 Å². The highest BCUT2D eigenvalue weighted by Crippen LogP contribution is 2.57. The Hall–Kier alpha value is -8.72. The molecule has 0 spiro atoms. The average Bonchev–Trinajstić information content (AvgIpc) is 4.20. The predicted molar refractivity (Wildman–Crippen MR) is 319 cm³/mol. The first kappa shape index (κ1) is 43.8. The van der Waals surface area contributed by atoms with Gasteiger partial charge in [0.25, 0.3) is 0 Å². The van der Waals surface area contributed by atoms with E-state index in [2.05, 4.69) is 281 Å². The van der Waals surface area contributed by atoms with Gasteiger partial charge in [-0.1, -0.05) is 199 Å². The SMILES string of the molecule is CC1(C)c2ccccc2-c2ccc(-n3c4ccccc4c4cc(C=Cc5ccc6c(c5)C(C)(C)c5cc7c(cc5-6)C(C)(C)c5cc(C=Cc6ccc8c(c6)c6ccccc6n8-c6ccccc6)ccc5-7)ccc43)cc21. The molecule has 2 nitrogen and oxygen atoms in total. The molecule has 2 heteroatoms. The molecule has 358 valence electrons. The molecular weight excluding hydrogens is 905 g/mol. The molecule has 15 rings (SSSR count). The summed E-state index contributed by atoms with van der Waals surface area (Å²) in [7, 11) is 0. The number of aromatic nitrogens is 2. The van der Waals surface area contributed by atoms with Gasteiger partial charge >= 0.3 is 0 Å². The van der Waals surface area contributed by atoms with Crippen LogP contribution in [-0.4, -0.2) is 9.13 Å². The van der Waals surface area contributed by atoms with Crippen LogP contribution in [0.15, 0.2) is 206 Å². The first-order valence-electron chi connectivity index (χ1n) is 26.7. The molecule has 3 aliphatic carbocycles. The molecular formula is C73H56N2. The molecule has 10 aromatic carbocycles. The second-order valence-electron chi connectivity index (χ2n) is 23.0. The summed E-state index contributed by atoms with van der Waals surface area (Å²) in [4.78, 5) is 0. The Morgan fingerprint density at radius 1 is 0.253 bits per heavy atom. The molecule has 0 fully saturated rings. The molecule has 0 radical (unpaired) electrons. The number of fused-ring (bicyclic) bond motifs is 15. The molecule has 12 aromatic rings. The number of benzene rings is 10. The van der Waals surface area contributed by atoms with Crippen LogP contribution in [0.25, 0.3) is 113 Å². The van der Waals surface area contributed by atoms with Crippen LogP contribution < -0.4 is 0 Å². The third-order valence-corrected chi connectivity index (χ3v) is 17.7. The standard InChI is InChI=1S/C73H56N2/c1-71(2)61-21-13-10-18-51(61)52-35-32-50(42-64(52)71)75-68-23-15-12-20-56(68)60-39-46(31-37-70(60)75)25-27-48-29-34-54-58-44-65-57(43-66(58)73(5,6)63(54)41-48)53-33-28-47(40-62(53)72(65,3)4)26-24-45-30-36-69-59(38-45)55-19-11-14-22-67(55)74(69)49-16-8-7-9-17-49/h7-44H,1-6H3. The van der Waals surface area contributed by atoms with Crippen LogP contribution in [0, 0.1) is 0 Å². The van der Waals surface area contributed by atoms with Crippen LogP contribution in [0.2, 0.25) is 0 Å². The zero-order valence-electron chi connectivity index (χ0n) is 43.3. The van der Waals surface area contributed by atoms with E-state index < -0.39 is 0 Å². The minimum atomic E-state index is -0.149. The highest BCUT2D eigenvalue weighted by atomic mass is 15.0. The molecule has 0 saturated carbocycles. The van der Waals surface area contributed by atoms with Gasteiger partial charge in [0.2, 0.25) is 0 Å². The van der Waals surface area contributed by atoms with E-state index in [1.54, 1.807) is 0 Å². The van der Waals surface area contributed by atoms with E-state index in [9.17, 15) is 0 Å². The van der Waals surface area contributed by atoms with E-state index in [0.29, 0.717) is 0 Å². The number of rotatable bonds is 6. The molecule has 2 aromatic heterocycles. The van der Waals surface area contributed by atoms with Crippen LogP contribution >= 0.6 is 0 Å². The van der Waals surface area contributed by atoms with Crippen molar-refractivity contribution in [2.24, 2.45) is 0 Å². The summed E-state index contributed by atoms with van der Waals surface area (Å²) >= 11 is 0. The Morgan fingerprint density at radius 3 is 1.19 bits per heavy atom. The minimum Gasteiger partial charge on any atom is -0.309 e. The molecule has 0 amide bonds. The summed E-state index contributed by atoms with van der Waals surface area (Å²) in [5.41, 5.74) is 28.3. The van der Waals surface area contributed by atoms with Crippen LogP contribution in [0.5, 0.6) is 0 Å². The lowest BCUT2D eigenvalue weighted by Crippen LogP contribution is -2.17. The Kier molecular flexibility index (Phi) is 9.15. The largest absolute Gasteiger partial charge is 0.309 e. The van der Waals surface area contributed by atoms with Gasteiger partial charge in [-0.25, -0.2) is 0 Å².